The van der Waals surface area contributed by atoms with Crippen LogP contribution in [0.25, 0.3) is 0 Å². The lowest BCUT2D eigenvalue weighted by Gasteiger charge is -2.08. The van der Waals surface area contributed by atoms with Crippen LogP contribution in [0.15, 0.2) is 29.0 Å². The summed E-state index contributed by atoms with van der Waals surface area (Å²) in [5.74, 6) is -0.275. The van der Waals surface area contributed by atoms with Crippen LogP contribution in [0.2, 0.25) is 0 Å². The van der Waals surface area contributed by atoms with Crippen LogP contribution in [0.1, 0.15) is 11.4 Å². The number of hydrogen-bond acceptors (Lipinski definition) is 2. The third kappa shape index (κ3) is 2.24. The third-order valence-corrected chi connectivity index (χ3v) is 2.99. The minimum Gasteiger partial charge on any atom is -0.376 e. The molecule has 0 atom stereocenters. The van der Waals surface area contributed by atoms with Crippen molar-refractivity contribution >= 4 is 21.6 Å². The fourth-order valence-corrected chi connectivity index (χ4v) is 1.89. The molecule has 2 N–H and O–H groups in total. The zero-order valence-electron chi connectivity index (χ0n) is 8.72. The van der Waals surface area contributed by atoms with Crippen molar-refractivity contribution in [3.63, 3.8) is 0 Å². The number of aromatic nitrogens is 2. The molecule has 0 aliphatic carbocycles. The van der Waals surface area contributed by atoms with E-state index in [9.17, 15) is 4.39 Å². The van der Waals surface area contributed by atoms with E-state index in [2.05, 4.69) is 31.2 Å². The predicted octanol–water partition coefficient (Wildman–Crippen LogP) is 3.23. The first-order valence-electron chi connectivity index (χ1n) is 4.85. The average Bonchev–Trinajstić information content (AvgIpc) is 2.64. The Balaban J connectivity index is 2.14. The Bertz CT molecular complexity index is 475. The Kier molecular flexibility index (Phi) is 3.24. The number of halogens is 2. The lowest BCUT2D eigenvalue weighted by atomic mass is 10.3. The largest absolute Gasteiger partial charge is 0.376 e. The number of imidazole rings is 1. The molecule has 1 aromatic heterocycles. The van der Waals surface area contributed by atoms with Crippen molar-refractivity contribution < 1.29 is 4.39 Å². The standard InChI is InChI=1S/C11H11BrFN3/c1-7-10(16-6-15-7)5-14-11-8(12)3-2-4-9(11)13/h2-4,6,14H,5H2,1H3,(H,15,16). The molecule has 2 aromatic rings. The predicted molar refractivity (Wildman–Crippen MR) is 64.8 cm³/mol. The molecule has 16 heavy (non-hydrogen) atoms. The lowest BCUT2D eigenvalue weighted by Crippen LogP contribution is -2.03. The summed E-state index contributed by atoms with van der Waals surface area (Å²) in [5, 5.41) is 3.02. The molecule has 0 unspecified atom stereocenters. The van der Waals surface area contributed by atoms with Gasteiger partial charge in [-0.1, -0.05) is 6.07 Å². The molecule has 3 nitrogen and oxygen atoms in total. The summed E-state index contributed by atoms with van der Waals surface area (Å²) >= 11 is 3.30. The normalized spacial score (nSPS) is 10.4. The first kappa shape index (κ1) is 11.1. The number of rotatable bonds is 3. The molecule has 0 saturated carbocycles. The molecule has 0 amide bonds. The number of H-pyrrole nitrogens is 1. The topological polar surface area (TPSA) is 40.7 Å². The summed E-state index contributed by atoms with van der Waals surface area (Å²) in [4.78, 5) is 7.11. The van der Waals surface area contributed by atoms with Gasteiger partial charge in [-0.25, -0.2) is 9.37 Å². The Morgan fingerprint density at radius 2 is 2.31 bits per heavy atom. The van der Waals surface area contributed by atoms with Gasteiger partial charge < -0.3 is 10.3 Å². The molecule has 2 rings (SSSR count). The summed E-state index contributed by atoms with van der Waals surface area (Å²) in [5.41, 5.74) is 2.33. The number of nitrogens with one attached hydrogen (secondary N) is 2. The molecular weight excluding hydrogens is 273 g/mol. The van der Waals surface area contributed by atoms with E-state index < -0.39 is 0 Å². The molecule has 5 heteroatoms. The first-order valence-corrected chi connectivity index (χ1v) is 5.64. The highest BCUT2D eigenvalue weighted by Gasteiger charge is 2.07. The highest BCUT2D eigenvalue weighted by Crippen LogP contribution is 2.25. The third-order valence-electron chi connectivity index (χ3n) is 2.33. The SMILES string of the molecule is Cc1[nH]cnc1CNc1c(F)cccc1Br. The van der Waals surface area contributed by atoms with E-state index in [0.717, 1.165) is 11.4 Å². The van der Waals surface area contributed by atoms with E-state index in [0.29, 0.717) is 16.7 Å². The number of benzene rings is 1. The van der Waals surface area contributed by atoms with E-state index >= 15 is 0 Å². The van der Waals surface area contributed by atoms with Crippen molar-refractivity contribution in [2.24, 2.45) is 0 Å². The minimum absolute atomic E-state index is 0.275. The van der Waals surface area contributed by atoms with Crippen molar-refractivity contribution in [1.82, 2.24) is 9.97 Å². The molecule has 1 heterocycles. The highest BCUT2D eigenvalue weighted by molar-refractivity contribution is 9.10. The Labute approximate surface area is 101 Å². The van der Waals surface area contributed by atoms with Gasteiger partial charge in [0.2, 0.25) is 0 Å². The van der Waals surface area contributed by atoms with Gasteiger partial charge >= 0.3 is 0 Å². The van der Waals surface area contributed by atoms with Crippen LogP contribution in [-0.4, -0.2) is 9.97 Å². The molecule has 0 aliphatic heterocycles. The van der Waals surface area contributed by atoms with Crippen molar-refractivity contribution in [2.75, 3.05) is 5.32 Å². The van der Waals surface area contributed by atoms with Gasteiger partial charge in [0.15, 0.2) is 0 Å². The van der Waals surface area contributed by atoms with E-state index in [1.807, 2.05) is 6.92 Å². The van der Waals surface area contributed by atoms with E-state index in [-0.39, 0.29) is 5.82 Å². The van der Waals surface area contributed by atoms with Gasteiger partial charge in [-0.15, -0.1) is 0 Å². The zero-order chi connectivity index (χ0) is 11.5. The maximum atomic E-state index is 13.5. The summed E-state index contributed by atoms with van der Waals surface area (Å²) in [6, 6.07) is 4.87. The Morgan fingerprint density at radius 1 is 1.50 bits per heavy atom. The molecule has 0 saturated heterocycles. The summed E-state index contributed by atoms with van der Waals surface area (Å²) < 4.78 is 14.2. The maximum absolute atomic E-state index is 13.5. The van der Waals surface area contributed by atoms with Crippen LogP contribution < -0.4 is 5.32 Å². The second kappa shape index (κ2) is 4.65. The monoisotopic (exact) mass is 283 g/mol. The summed E-state index contributed by atoms with van der Waals surface area (Å²) in [6.45, 7) is 2.43. The van der Waals surface area contributed by atoms with Gasteiger partial charge in [-0.3, -0.25) is 0 Å². The number of aryl methyl sites for hydroxylation is 1. The average molecular weight is 284 g/mol. The Morgan fingerprint density at radius 3 is 2.94 bits per heavy atom. The van der Waals surface area contributed by atoms with Gasteiger partial charge in [0.05, 0.1) is 24.3 Å². The van der Waals surface area contributed by atoms with Crippen molar-refractivity contribution in [3.8, 4) is 0 Å². The van der Waals surface area contributed by atoms with Crippen LogP contribution in [0.5, 0.6) is 0 Å². The molecule has 0 spiro atoms. The van der Waals surface area contributed by atoms with Gasteiger partial charge in [0, 0.05) is 10.2 Å². The molecule has 0 radical (unpaired) electrons. The van der Waals surface area contributed by atoms with Crippen LogP contribution in [0.4, 0.5) is 10.1 Å². The quantitative estimate of drug-likeness (QED) is 0.908. The van der Waals surface area contributed by atoms with Crippen LogP contribution >= 0.6 is 15.9 Å². The number of aromatic amines is 1. The molecule has 84 valence electrons. The van der Waals surface area contributed by atoms with Gasteiger partial charge in [0.1, 0.15) is 5.82 Å². The number of nitrogens with zero attached hydrogens (tertiary/aromatic N) is 1. The summed E-state index contributed by atoms with van der Waals surface area (Å²) in [7, 11) is 0. The van der Waals surface area contributed by atoms with Crippen LogP contribution in [-0.2, 0) is 6.54 Å². The van der Waals surface area contributed by atoms with Crippen molar-refractivity contribution in [1.29, 1.82) is 0 Å². The Hall–Kier alpha value is -1.36. The minimum atomic E-state index is -0.275. The van der Waals surface area contributed by atoms with Crippen LogP contribution in [0.3, 0.4) is 0 Å². The molecule has 0 aliphatic rings. The maximum Gasteiger partial charge on any atom is 0.147 e. The fraction of sp³-hybridized carbons (Fsp3) is 0.182. The smallest absolute Gasteiger partial charge is 0.147 e. The van der Waals surface area contributed by atoms with Crippen LogP contribution in [0, 0.1) is 12.7 Å². The molecule has 0 bridgehead atoms. The first-order chi connectivity index (χ1) is 7.68. The highest BCUT2D eigenvalue weighted by atomic mass is 79.9. The second-order valence-electron chi connectivity index (χ2n) is 3.42. The molecule has 0 fully saturated rings. The lowest BCUT2D eigenvalue weighted by molar-refractivity contribution is 0.629. The van der Waals surface area contributed by atoms with E-state index in [1.54, 1.807) is 18.5 Å². The van der Waals surface area contributed by atoms with E-state index in [1.165, 1.54) is 6.07 Å². The number of para-hydroxylation sites is 1. The van der Waals surface area contributed by atoms with Gasteiger partial charge in [0.25, 0.3) is 0 Å². The molecule has 1 aromatic carbocycles. The van der Waals surface area contributed by atoms with E-state index in [4.69, 9.17) is 0 Å². The van der Waals surface area contributed by atoms with Gasteiger partial charge in [-0.05, 0) is 35.0 Å². The van der Waals surface area contributed by atoms with Crippen molar-refractivity contribution in [2.45, 2.75) is 13.5 Å². The zero-order valence-corrected chi connectivity index (χ0v) is 10.3. The van der Waals surface area contributed by atoms with Crippen molar-refractivity contribution in [3.05, 3.63) is 46.2 Å². The summed E-state index contributed by atoms with van der Waals surface area (Å²) in [6.07, 6.45) is 1.63. The number of hydrogen-bond donors (Lipinski definition) is 2. The number of anilines is 1. The second-order valence-corrected chi connectivity index (χ2v) is 4.28. The molecular formula is C11H11BrFN3. The van der Waals surface area contributed by atoms with Gasteiger partial charge in [-0.2, -0.15) is 0 Å². The fourth-order valence-electron chi connectivity index (χ4n) is 1.40.